The van der Waals surface area contributed by atoms with Gasteiger partial charge in [-0.3, -0.25) is 4.79 Å². The third-order valence-electron chi connectivity index (χ3n) is 2.70. The van der Waals surface area contributed by atoms with Gasteiger partial charge in [0.15, 0.2) is 0 Å². The Labute approximate surface area is 110 Å². The van der Waals surface area contributed by atoms with Gasteiger partial charge in [-0.05, 0) is 41.0 Å². The van der Waals surface area contributed by atoms with Gasteiger partial charge < -0.3 is 15.0 Å². The Kier molecular flexibility index (Phi) is 6.15. The lowest BCUT2D eigenvalue weighted by atomic mass is 10.2. The highest BCUT2D eigenvalue weighted by molar-refractivity contribution is 5.85. The molecular weight excluding hydrogens is 232 g/mol. The van der Waals surface area contributed by atoms with Crippen molar-refractivity contribution >= 4 is 12.0 Å². The fourth-order valence-electron chi connectivity index (χ4n) is 1.34. The van der Waals surface area contributed by atoms with Crippen LogP contribution in [0.5, 0.6) is 0 Å². The number of hydrogen-bond donors (Lipinski definition) is 1. The SMILES string of the molecule is CC[C@H](C)N(C)C(=O)[C@@H](C)NC(=O)OC(C)(C)C. The van der Waals surface area contributed by atoms with E-state index in [1.165, 1.54) is 0 Å². The van der Waals surface area contributed by atoms with Crippen LogP contribution in [0.3, 0.4) is 0 Å². The van der Waals surface area contributed by atoms with E-state index in [-0.39, 0.29) is 11.9 Å². The number of hydrogen-bond acceptors (Lipinski definition) is 3. The molecule has 0 aliphatic rings. The number of nitrogens with zero attached hydrogens (tertiary/aromatic N) is 1. The molecule has 1 N–H and O–H groups in total. The van der Waals surface area contributed by atoms with E-state index >= 15 is 0 Å². The number of likely N-dealkylation sites (N-methyl/N-ethyl adjacent to an activating group) is 1. The molecule has 2 atom stereocenters. The summed E-state index contributed by atoms with van der Waals surface area (Å²) in [7, 11) is 1.74. The molecule has 0 radical (unpaired) electrons. The molecule has 106 valence electrons. The summed E-state index contributed by atoms with van der Waals surface area (Å²) in [5.74, 6) is -0.116. The molecule has 0 aromatic rings. The van der Waals surface area contributed by atoms with Gasteiger partial charge in [-0.25, -0.2) is 4.79 Å². The zero-order chi connectivity index (χ0) is 14.5. The molecule has 0 heterocycles. The largest absolute Gasteiger partial charge is 0.444 e. The highest BCUT2D eigenvalue weighted by Gasteiger charge is 2.24. The van der Waals surface area contributed by atoms with Gasteiger partial charge in [0.25, 0.3) is 0 Å². The first-order chi connectivity index (χ1) is 8.08. The fraction of sp³-hybridized carbons (Fsp3) is 0.846. The van der Waals surface area contributed by atoms with E-state index in [2.05, 4.69) is 5.32 Å². The Balaban J connectivity index is 4.36. The zero-order valence-corrected chi connectivity index (χ0v) is 12.5. The van der Waals surface area contributed by atoms with Crippen molar-refractivity contribution in [1.82, 2.24) is 10.2 Å². The van der Waals surface area contributed by atoms with E-state index in [0.717, 1.165) is 6.42 Å². The van der Waals surface area contributed by atoms with E-state index in [0.29, 0.717) is 0 Å². The van der Waals surface area contributed by atoms with Crippen LogP contribution >= 0.6 is 0 Å². The summed E-state index contributed by atoms with van der Waals surface area (Å²) in [6.07, 6.45) is 0.308. The van der Waals surface area contributed by atoms with Crippen LogP contribution in [0.15, 0.2) is 0 Å². The summed E-state index contributed by atoms with van der Waals surface area (Å²) < 4.78 is 5.10. The Morgan fingerprint density at radius 1 is 1.28 bits per heavy atom. The minimum atomic E-state index is -0.584. The van der Waals surface area contributed by atoms with Crippen molar-refractivity contribution in [2.75, 3.05) is 7.05 Å². The van der Waals surface area contributed by atoms with Crippen molar-refractivity contribution in [2.24, 2.45) is 0 Å². The zero-order valence-electron chi connectivity index (χ0n) is 12.5. The van der Waals surface area contributed by atoms with Crippen LogP contribution in [0, 0.1) is 0 Å². The van der Waals surface area contributed by atoms with Crippen LogP contribution in [0.4, 0.5) is 4.79 Å². The molecule has 0 unspecified atom stereocenters. The van der Waals surface area contributed by atoms with Gasteiger partial charge in [-0.1, -0.05) is 6.92 Å². The summed E-state index contributed by atoms with van der Waals surface area (Å²) in [6.45, 7) is 11.0. The van der Waals surface area contributed by atoms with Crippen LogP contribution in [0.1, 0.15) is 48.0 Å². The standard InChI is InChI=1S/C13H26N2O3/c1-8-9(2)15(7)11(16)10(3)14-12(17)18-13(4,5)6/h9-10H,8H2,1-7H3,(H,14,17)/t9-,10+/m0/s1. The molecule has 5 heteroatoms. The molecule has 0 bridgehead atoms. The molecule has 0 aliphatic carbocycles. The third-order valence-corrected chi connectivity index (χ3v) is 2.70. The first kappa shape index (κ1) is 16.7. The maximum Gasteiger partial charge on any atom is 0.408 e. The van der Waals surface area contributed by atoms with Crippen molar-refractivity contribution in [3.8, 4) is 0 Å². The molecule has 0 fully saturated rings. The first-order valence-electron chi connectivity index (χ1n) is 6.34. The van der Waals surface area contributed by atoms with Crippen molar-refractivity contribution in [1.29, 1.82) is 0 Å². The molecule has 0 saturated heterocycles. The van der Waals surface area contributed by atoms with Crippen molar-refractivity contribution in [3.63, 3.8) is 0 Å². The molecule has 0 spiro atoms. The molecule has 0 saturated carbocycles. The highest BCUT2D eigenvalue weighted by Crippen LogP contribution is 2.08. The normalized spacial score (nSPS) is 14.6. The monoisotopic (exact) mass is 258 g/mol. The molecule has 0 rings (SSSR count). The summed E-state index contributed by atoms with van der Waals surface area (Å²) in [4.78, 5) is 25.2. The van der Waals surface area contributed by atoms with Gasteiger partial charge in [0.2, 0.25) is 5.91 Å². The number of amides is 2. The van der Waals surface area contributed by atoms with Crippen LogP contribution in [-0.4, -0.2) is 41.6 Å². The Bertz CT molecular complexity index is 297. The smallest absolute Gasteiger partial charge is 0.408 e. The van der Waals surface area contributed by atoms with Gasteiger partial charge >= 0.3 is 6.09 Å². The van der Waals surface area contributed by atoms with Gasteiger partial charge in [0, 0.05) is 13.1 Å². The molecule has 0 aliphatic heterocycles. The maximum absolute atomic E-state index is 12.0. The first-order valence-corrected chi connectivity index (χ1v) is 6.34. The van der Waals surface area contributed by atoms with Gasteiger partial charge in [0.05, 0.1) is 0 Å². The predicted molar refractivity (Wildman–Crippen MR) is 71.4 cm³/mol. The highest BCUT2D eigenvalue weighted by atomic mass is 16.6. The number of carbonyl (C=O) groups excluding carboxylic acids is 2. The summed E-state index contributed by atoms with van der Waals surface area (Å²) in [5, 5.41) is 2.54. The second kappa shape index (κ2) is 6.61. The number of nitrogens with one attached hydrogen (secondary N) is 1. The molecular formula is C13H26N2O3. The van der Waals surface area contributed by atoms with E-state index in [1.54, 1.807) is 39.6 Å². The van der Waals surface area contributed by atoms with E-state index in [1.807, 2.05) is 13.8 Å². The van der Waals surface area contributed by atoms with Crippen LogP contribution in [0.2, 0.25) is 0 Å². The molecule has 18 heavy (non-hydrogen) atoms. The maximum atomic E-state index is 12.0. The van der Waals surface area contributed by atoms with Crippen molar-refractivity contribution in [2.45, 2.75) is 65.6 Å². The summed E-state index contributed by atoms with van der Waals surface area (Å²) >= 11 is 0. The molecule has 5 nitrogen and oxygen atoms in total. The predicted octanol–water partition coefficient (Wildman–Crippen LogP) is 2.16. The van der Waals surface area contributed by atoms with Crippen LogP contribution in [0.25, 0.3) is 0 Å². The number of carbonyl (C=O) groups is 2. The fourth-order valence-corrected chi connectivity index (χ4v) is 1.34. The lowest BCUT2D eigenvalue weighted by Gasteiger charge is -2.28. The minimum Gasteiger partial charge on any atom is -0.444 e. The van der Waals surface area contributed by atoms with E-state index < -0.39 is 17.7 Å². The van der Waals surface area contributed by atoms with E-state index in [9.17, 15) is 9.59 Å². The number of rotatable bonds is 4. The van der Waals surface area contributed by atoms with Crippen molar-refractivity contribution in [3.05, 3.63) is 0 Å². The summed E-state index contributed by atoms with van der Waals surface area (Å²) in [5.41, 5.74) is -0.560. The molecule has 0 aromatic heterocycles. The van der Waals surface area contributed by atoms with Gasteiger partial charge in [-0.2, -0.15) is 0 Å². The average molecular weight is 258 g/mol. The lowest BCUT2D eigenvalue weighted by molar-refractivity contribution is -0.133. The minimum absolute atomic E-state index is 0.116. The summed E-state index contributed by atoms with van der Waals surface area (Å²) in [6, 6.07) is -0.431. The molecule has 0 aromatic carbocycles. The van der Waals surface area contributed by atoms with Crippen LogP contribution in [-0.2, 0) is 9.53 Å². The molecule has 2 amide bonds. The second-order valence-corrected chi connectivity index (χ2v) is 5.57. The number of alkyl carbamates (subject to hydrolysis) is 1. The Hall–Kier alpha value is -1.26. The van der Waals surface area contributed by atoms with Crippen LogP contribution < -0.4 is 5.32 Å². The third kappa shape index (κ3) is 5.89. The Morgan fingerprint density at radius 3 is 2.17 bits per heavy atom. The number of ether oxygens (including phenoxy) is 1. The average Bonchev–Trinajstić information content (AvgIpc) is 2.22. The van der Waals surface area contributed by atoms with Gasteiger partial charge in [-0.15, -0.1) is 0 Å². The topological polar surface area (TPSA) is 58.6 Å². The van der Waals surface area contributed by atoms with Gasteiger partial charge in [0.1, 0.15) is 11.6 Å². The second-order valence-electron chi connectivity index (χ2n) is 5.57. The van der Waals surface area contributed by atoms with E-state index in [4.69, 9.17) is 4.74 Å². The Morgan fingerprint density at radius 2 is 1.78 bits per heavy atom. The lowest BCUT2D eigenvalue weighted by Crippen LogP contribution is -2.49. The quantitative estimate of drug-likeness (QED) is 0.840. The van der Waals surface area contributed by atoms with Crippen molar-refractivity contribution < 1.29 is 14.3 Å².